The van der Waals surface area contributed by atoms with Crippen LogP contribution in [0.25, 0.3) is 11.5 Å². The van der Waals surface area contributed by atoms with Crippen molar-refractivity contribution in [2.45, 2.75) is 40.2 Å². The maximum atomic E-state index is 5.40. The molecule has 124 valence electrons. The van der Waals surface area contributed by atoms with Crippen LogP contribution in [0.15, 0.2) is 29.3 Å². The Balaban J connectivity index is 1.57. The fourth-order valence-corrected chi connectivity index (χ4v) is 3.26. The number of nitrogens with zero attached hydrogens (tertiary/aromatic N) is 5. The van der Waals surface area contributed by atoms with Crippen molar-refractivity contribution in [1.29, 1.82) is 0 Å². The average Bonchev–Trinajstić information content (AvgIpc) is 3.17. The molecule has 3 heterocycles. The standard InChI is InChI=1S/C18H21N5O/c1-11-4-14(8-19-7-11)18-21-17(22-24-18)9-23-10-20-15-5-12(2)13(3)6-16(15)23/h4,7-8,10,12-13H,5-6,9H2,1-3H3. The van der Waals surface area contributed by atoms with E-state index in [9.17, 15) is 0 Å². The van der Waals surface area contributed by atoms with E-state index in [1.807, 2.05) is 19.3 Å². The van der Waals surface area contributed by atoms with E-state index in [2.05, 4.69) is 38.5 Å². The second-order valence-corrected chi connectivity index (χ2v) is 6.90. The van der Waals surface area contributed by atoms with E-state index in [0.29, 0.717) is 30.1 Å². The third kappa shape index (κ3) is 2.72. The topological polar surface area (TPSA) is 69.6 Å². The number of fused-ring (bicyclic) bond motifs is 1. The Labute approximate surface area is 141 Å². The van der Waals surface area contributed by atoms with Gasteiger partial charge >= 0.3 is 0 Å². The van der Waals surface area contributed by atoms with Gasteiger partial charge in [-0.05, 0) is 43.2 Å². The molecule has 0 amide bonds. The number of rotatable bonds is 3. The molecule has 0 aliphatic heterocycles. The molecule has 0 spiro atoms. The van der Waals surface area contributed by atoms with E-state index in [1.165, 1.54) is 11.4 Å². The van der Waals surface area contributed by atoms with Crippen LogP contribution >= 0.6 is 0 Å². The van der Waals surface area contributed by atoms with Gasteiger partial charge in [-0.15, -0.1) is 0 Å². The molecule has 0 saturated heterocycles. The molecule has 1 aliphatic rings. The van der Waals surface area contributed by atoms with Crippen LogP contribution in [0, 0.1) is 18.8 Å². The summed E-state index contributed by atoms with van der Waals surface area (Å²) in [7, 11) is 0. The lowest BCUT2D eigenvalue weighted by Crippen LogP contribution is -2.22. The summed E-state index contributed by atoms with van der Waals surface area (Å²) in [6, 6.07) is 1.99. The largest absolute Gasteiger partial charge is 0.334 e. The minimum absolute atomic E-state index is 0.511. The van der Waals surface area contributed by atoms with Gasteiger partial charge in [0.2, 0.25) is 0 Å². The molecule has 1 aliphatic carbocycles. The Morgan fingerprint density at radius 3 is 2.88 bits per heavy atom. The van der Waals surface area contributed by atoms with Crippen molar-refractivity contribution >= 4 is 0 Å². The summed E-state index contributed by atoms with van der Waals surface area (Å²) in [6.45, 7) is 7.19. The van der Waals surface area contributed by atoms with Gasteiger partial charge in [0.1, 0.15) is 0 Å². The molecule has 2 unspecified atom stereocenters. The van der Waals surface area contributed by atoms with E-state index >= 15 is 0 Å². The van der Waals surface area contributed by atoms with Crippen molar-refractivity contribution in [3.05, 3.63) is 47.6 Å². The molecule has 0 bridgehead atoms. The third-order valence-corrected chi connectivity index (χ3v) is 4.94. The van der Waals surface area contributed by atoms with Crippen LogP contribution in [0.2, 0.25) is 0 Å². The lowest BCUT2D eigenvalue weighted by Gasteiger charge is -2.25. The van der Waals surface area contributed by atoms with E-state index in [-0.39, 0.29) is 0 Å². The van der Waals surface area contributed by atoms with Crippen molar-refractivity contribution in [2.24, 2.45) is 11.8 Å². The molecule has 0 saturated carbocycles. The maximum Gasteiger partial charge on any atom is 0.259 e. The van der Waals surface area contributed by atoms with Crippen LogP contribution in [0.4, 0.5) is 0 Å². The Bertz CT molecular complexity index is 866. The van der Waals surface area contributed by atoms with Crippen molar-refractivity contribution in [3.8, 4) is 11.5 Å². The van der Waals surface area contributed by atoms with Crippen LogP contribution in [0.5, 0.6) is 0 Å². The molecule has 2 atom stereocenters. The van der Waals surface area contributed by atoms with Gasteiger partial charge in [0.05, 0.1) is 24.1 Å². The highest BCUT2D eigenvalue weighted by Gasteiger charge is 2.26. The third-order valence-electron chi connectivity index (χ3n) is 4.94. The van der Waals surface area contributed by atoms with Gasteiger partial charge in [-0.3, -0.25) is 4.98 Å². The van der Waals surface area contributed by atoms with Gasteiger partial charge in [-0.1, -0.05) is 19.0 Å². The van der Waals surface area contributed by atoms with Gasteiger partial charge in [0, 0.05) is 18.1 Å². The maximum absolute atomic E-state index is 5.40. The van der Waals surface area contributed by atoms with Gasteiger partial charge in [0.15, 0.2) is 5.82 Å². The van der Waals surface area contributed by atoms with Crippen molar-refractivity contribution in [2.75, 3.05) is 0 Å². The first-order chi connectivity index (χ1) is 11.6. The van der Waals surface area contributed by atoms with E-state index in [0.717, 1.165) is 24.0 Å². The van der Waals surface area contributed by atoms with Crippen LogP contribution in [-0.4, -0.2) is 24.7 Å². The number of aromatic nitrogens is 5. The number of hydrogen-bond donors (Lipinski definition) is 0. The molecule has 4 rings (SSSR count). The Morgan fingerprint density at radius 1 is 1.21 bits per heavy atom. The first-order valence-corrected chi connectivity index (χ1v) is 8.37. The first-order valence-electron chi connectivity index (χ1n) is 8.37. The molecular weight excluding hydrogens is 302 g/mol. The zero-order valence-corrected chi connectivity index (χ0v) is 14.2. The SMILES string of the molecule is Cc1cncc(-c2nc(Cn3cnc4c3CC(C)C(C)C4)no2)c1. The number of pyridine rings is 1. The molecule has 3 aromatic rings. The minimum atomic E-state index is 0.511. The summed E-state index contributed by atoms with van der Waals surface area (Å²) < 4.78 is 7.56. The zero-order chi connectivity index (χ0) is 16.7. The highest BCUT2D eigenvalue weighted by Crippen LogP contribution is 2.29. The number of aryl methyl sites for hydroxylation is 1. The van der Waals surface area contributed by atoms with Crippen molar-refractivity contribution in [1.82, 2.24) is 24.7 Å². The van der Waals surface area contributed by atoms with Gasteiger partial charge < -0.3 is 9.09 Å². The summed E-state index contributed by atoms with van der Waals surface area (Å²) in [6.07, 6.45) is 7.56. The second-order valence-electron chi connectivity index (χ2n) is 6.90. The zero-order valence-electron chi connectivity index (χ0n) is 14.2. The minimum Gasteiger partial charge on any atom is -0.334 e. The predicted octanol–water partition coefficient (Wildman–Crippen LogP) is 3.06. The normalized spacial score (nSPS) is 20.1. The van der Waals surface area contributed by atoms with Crippen LogP contribution in [0.1, 0.15) is 36.6 Å². The smallest absolute Gasteiger partial charge is 0.259 e. The molecule has 0 fully saturated rings. The first kappa shape index (κ1) is 15.1. The molecule has 0 aromatic carbocycles. The van der Waals surface area contributed by atoms with Crippen molar-refractivity contribution in [3.63, 3.8) is 0 Å². The molecule has 6 nitrogen and oxygen atoms in total. The molecule has 6 heteroatoms. The number of hydrogen-bond acceptors (Lipinski definition) is 5. The van der Waals surface area contributed by atoms with Crippen LogP contribution in [0.3, 0.4) is 0 Å². The molecule has 0 N–H and O–H groups in total. The quantitative estimate of drug-likeness (QED) is 0.741. The van der Waals surface area contributed by atoms with E-state index in [4.69, 9.17) is 4.52 Å². The molecule has 24 heavy (non-hydrogen) atoms. The summed E-state index contributed by atoms with van der Waals surface area (Å²) in [5, 5.41) is 4.12. The Kier molecular flexibility index (Phi) is 3.67. The fourth-order valence-electron chi connectivity index (χ4n) is 3.26. The Morgan fingerprint density at radius 2 is 2.04 bits per heavy atom. The Hall–Kier alpha value is -2.50. The summed E-state index contributed by atoms with van der Waals surface area (Å²) in [4.78, 5) is 13.3. The van der Waals surface area contributed by atoms with Crippen LogP contribution in [-0.2, 0) is 19.4 Å². The summed E-state index contributed by atoms with van der Waals surface area (Å²) in [5.41, 5.74) is 4.44. The summed E-state index contributed by atoms with van der Waals surface area (Å²) in [5.74, 6) is 2.54. The predicted molar refractivity (Wildman–Crippen MR) is 89.3 cm³/mol. The van der Waals surface area contributed by atoms with E-state index in [1.54, 1.807) is 12.4 Å². The molecule has 0 radical (unpaired) electrons. The van der Waals surface area contributed by atoms with E-state index < -0.39 is 0 Å². The second kappa shape index (κ2) is 5.85. The lowest BCUT2D eigenvalue weighted by molar-refractivity contribution is 0.349. The monoisotopic (exact) mass is 323 g/mol. The molecular formula is C18H21N5O. The highest BCUT2D eigenvalue weighted by molar-refractivity contribution is 5.51. The summed E-state index contributed by atoms with van der Waals surface area (Å²) >= 11 is 0. The van der Waals surface area contributed by atoms with Crippen LogP contribution < -0.4 is 0 Å². The van der Waals surface area contributed by atoms with Crippen molar-refractivity contribution < 1.29 is 4.52 Å². The highest BCUT2D eigenvalue weighted by atomic mass is 16.5. The fraction of sp³-hybridized carbons (Fsp3) is 0.444. The van der Waals surface area contributed by atoms with Gasteiger partial charge in [-0.2, -0.15) is 4.98 Å². The number of imidazole rings is 1. The molecule has 3 aromatic heterocycles. The van der Waals surface area contributed by atoms with Gasteiger partial charge in [0.25, 0.3) is 5.89 Å². The average molecular weight is 323 g/mol. The lowest BCUT2D eigenvalue weighted by atomic mass is 9.82. The van der Waals surface area contributed by atoms with Gasteiger partial charge in [-0.25, -0.2) is 4.98 Å².